The maximum Gasteiger partial charge on any atom is 0.223 e. The Balaban J connectivity index is 2.06. The number of rotatable bonds is 5. The van der Waals surface area contributed by atoms with Crippen molar-refractivity contribution in [2.24, 2.45) is 17.6 Å². The van der Waals surface area contributed by atoms with Gasteiger partial charge in [0.15, 0.2) is 0 Å². The van der Waals surface area contributed by atoms with E-state index in [1.165, 1.54) is 11.1 Å². The summed E-state index contributed by atoms with van der Waals surface area (Å²) in [4.78, 5) is 12.4. The molecule has 1 aliphatic rings. The van der Waals surface area contributed by atoms with Crippen LogP contribution in [0.2, 0.25) is 0 Å². The summed E-state index contributed by atoms with van der Waals surface area (Å²) in [5, 5.41) is 3.24. The van der Waals surface area contributed by atoms with Crippen LogP contribution in [0.4, 0.5) is 0 Å². The molecule has 3 nitrogen and oxygen atoms in total. The Bertz CT molecular complexity index is 467. The average Bonchev–Trinajstić information content (AvgIpc) is 2.91. The van der Waals surface area contributed by atoms with Crippen LogP contribution in [0.5, 0.6) is 0 Å². The van der Waals surface area contributed by atoms with E-state index in [-0.39, 0.29) is 23.9 Å². The van der Waals surface area contributed by atoms with Gasteiger partial charge in [-0.05, 0) is 42.7 Å². The zero-order chi connectivity index (χ0) is 15.4. The van der Waals surface area contributed by atoms with Crippen molar-refractivity contribution in [1.29, 1.82) is 0 Å². The average molecular weight is 288 g/mol. The van der Waals surface area contributed by atoms with Crippen LogP contribution >= 0.6 is 0 Å². The number of hydrogen-bond acceptors (Lipinski definition) is 2. The maximum atomic E-state index is 12.4. The molecule has 0 saturated heterocycles. The topological polar surface area (TPSA) is 55.1 Å². The van der Waals surface area contributed by atoms with Crippen molar-refractivity contribution < 1.29 is 4.79 Å². The van der Waals surface area contributed by atoms with Crippen molar-refractivity contribution in [2.75, 3.05) is 0 Å². The lowest BCUT2D eigenvalue weighted by Gasteiger charge is -2.25. The van der Waals surface area contributed by atoms with Crippen molar-refractivity contribution in [1.82, 2.24) is 5.32 Å². The molecule has 2 rings (SSSR count). The highest BCUT2D eigenvalue weighted by atomic mass is 16.1. The molecule has 1 amide bonds. The van der Waals surface area contributed by atoms with E-state index in [1.807, 2.05) is 0 Å². The van der Waals surface area contributed by atoms with E-state index >= 15 is 0 Å². The fourth-order valence-corrected chi connectivity index (χ4v) is 3.12. The molecule has 3 N–H and O–H groups in total. The summed E-state index contributed by atoms with van der Waals surface area (Å²) in [5.74, 6) is 0.633. The lowest BCUT2D eigenvalue weighted by Crippen LogP contribution is -2.36. The minimum atomic E-state index is 0.0835. The van der Waals surface area contributed by atoms with Gasteiger partial charge in [-0.15, -0.1) is 0 Å². The predicted molar refractivity (Wildman–Crippen MR) is 86.9 cm³/mol. The van der Waals surface area contributed by atoms with E-state index in [2.05, 4.69) is 50.4 Å². The summed E-state index contributed by atoms with van der Waals surface area (Å²) < 4.78 is 0. The van der Waals surface area contributed by atoms with Crippen molar-refractivity contribution in [2.45, 2.75) is 58.5 Å². The van der Waals surface area contributed by atoms with Gasteiger partial charge in [-0.1, -0.05) is 45.0 Å². The zero-order valence-corrected chi connectivity index (χ0v) is 13.4. The van der Waals surface area contributed by atoms with Gasteiger partial charge in [0.2, 0.25) is 5.91 Å². The molecule has 1 aliphatic carbocycles. The van der Waals surface area contributed by atoms with Crippen LogP contribution in [0.25, 0.3) is 0 Å². The summed E-state index contributed by atoms with van der Waals surface area (Å²) >= 11 is 0. The van der Waals surface area contributed by atoms with Gasteiger partial charge >= 0.3 is 0 Å². The standard InChI is InChI=1S/C18H28N2O/c1-4-13-5-7-14(8-6-13)17(12(2)3)20-18(21)15-9-10-16(19)11-15/h5-8,12,15-17H,4,9-11,19H2,1-3H3,(H,20,21). The third-order valence-corrected chi connectivity index (χ3v) is 4.56. The second-order valence-corrected chi connectivity index (χ2v) is 6.60. The number of carbonyl (C=O) groups excluding carboxylic acids is 1. The molecule has 1 saturated carbocycles. The first kappa shape index (κ1) is 16.0. The maximum absolute atomic E-state index is 12.4. The van der Waals surface area contributed by atoms with Gasteiger partial charge in [-0.3, -0.25) is 4.79 Å². The van der Waals surface area contributed by atoms with E-state index in [0.717, 1.165) is 25.7 Å². The Morgan fingerprint density at radius 2 is 1.95 bits per heavy atom. The molecule has 0 bridgehead atoms. The first-order valence-corrected chi connectivity index (χ1v) is 8.16. The molecule has 0 aromatic heterocycles. The van der Waals surface area contributed by atoms with Crippen molar-refractivity contribution in [3.05, 3.63) is 35.4 Å². The van der Waals surface area contributed by atoms with Gasteiger partial charge in [0, 0.05) is 12.0 Å². The summed E-state index contributed by atoms with van der Waals surface area (Å²) in [6, 6.07) is 8.88. The molecule has 0 radical (unpaired) electrons. The summed E-state index contributed by atoms with van der Waals surface area (Å²) in [5.41, 5.74) is 8.44. The van der Waals surface area contributed by atoms with E-state index < -0.39 is 0 Å². The molecule has 1 aromatic carbocycles. The molecule has 3 heteroatoms. The van der Waals surface area contributed by atoms with E-state index in [1.54, 1.807) is 0 Å². The van der Waals surface area contributed by atoms with Gasteiger partial charge in [-0.2, -0.15) is 0 Å². The third kappa shape index (κ3) is 4.07. The SMILES string of the molecule is CCc1ccc(C(NC(=O)C2CCC(N)C2)C(C)C)cc1. The number of nitrogens with one attached hydrogen (secondary N) is 1. The van der Waals surface area contributed by atoms with Crippen molar-refractivity contribution >= 4 is 5.91 Å². The summed E-state index contributed by atoms with van der Waals surface area (Å²) in [6.45, 7) is 6.46. The molecule has 21 heavy (non-hydrogen) atoms. The van der Waals surface area contributed by atoms with Gasteiger partial charge in [-0.25, -0.2) is 0 Å². The molecule has 116 valence electrons. The highest BCUT2D eigenvalue weighted by molar-refractivity contribution is 5.79. The van der Waals surface area contributed by atoms with Gasteiger partial charge in [0.05, 0.1) is 6.04 Å². The predicted octanol–water partition coefficient (Wildman–Crippen LogP) is 3.19. The Morgan fingerprint density at radius 1 is 1.29 bits per heavy atom. The Morgan fingerprint density at radius 3 is 2.43 bits per heavy atom. The van der Waals surface area contributed by atoms with E-state index in [4.69, 9.17) is 5.73 Å². The second kappa shape index (κ2) is 7.08. The zero-order valence-electron chi connectivity index (χ0n) is 13.4. The number of carbonyl (C=O) groups is 1. The second-order valence-electron chi connectivity index (χ2n) is 6.60. The fourth-order valence-electron chi connectivity index (χ4n) is 3.12. The molecular formula is C18H28N2O. The molecule has 3 atom stereocenters. The van der Waals surface area contributed by atoms with Crippen LogP contribution in [0.15, 0.2) is 24.3 Å². The lowest BCUT2D eigenvalue weighted by atomic mass is 9.94. The molecule has 1 fully saturated rings. The van der Waals surface area contributed by atoms with Gasteiger partial charge in [0.1, 0.15) is 0 Å². The number of amides is 1. The number of hydrogen-bond donors (Lipinski definition) is 2. The smallest absolute Gasteiger partial charge is 0.223 e. The van der Waals surface area contributed by atoms with Crippen LogP contribution in [-0.4, -0.2) is 11.9 Å². The van der Waals surface area contributed by atoms with Crippen molar-refractivity contribution in [3.63, 3.8) is 0 Å². The quantitative estimate of drug-likeness (QED) is 0.874. The highest BCUT2D eigenvalue weighted by Gasteiger charge is 2.29. The number of aryl methyl sites for hydroxylation is 1. The van der Waals surface area contributed by atoms with Crippen LogP contribution in [0.3, 0.4) is 0 Å². The van der Waals surface area contributed by atoms with Crippen LogP contribution in [0, 0.1) is 11.8 Å². The van der Waals surface area contributed by atoms with Crippen molar-refractivity contribution in [3.8, 4) is 0 Å². The monoisotopic (exact) mass is 288 g/mol. The summed E-state index contributed by atoms with van der Waals surface area (Å²) in [7, 11) is 0. The van der Waals surface area contributed by atoms with E-state index in [0.29, 0.717) is 5.92 Å². The molecule has 0 spiro atoms. The van der Waals surface area contributed by atoms with Gasteiger partial charge < -0.3 is 11.1 Å². The normalized spacial score (nSPS) is 23.3. The first-order chi connectivity index (χ1) is 10.0. The van der Waals surface area contributed by atoms with Crippen LogP contribution < -0.4 is 11.1 Å². The molecule has 0 heterocycles. The molecular weight excluding hydrogens is 260 g/mol. The number of benzene rings is 1. The lowest BCUT2D eigenvalue weighted by molar-refractivity contribution is -0.125. The molecule has 3 unspecified atom stereocenters. The first-order valence-electron chi connectivity index (χ1n) is 8.16. The van der Waals surface area contributed by atoms with Crippen LogP contribution in [-0.2, 0) is 11.2 Å². The molecule has 0 aliphatic heterocycles. The van der Waals surface area contributed by atoms with E-state index in [9.17, 15) is 4.79 Å². The Labute approximate surface area is 128 Å². The number of nitrogens with two attached hydrogens (primary N) is 1. The van der Waals surface area contributed by atoms with Gasteiger partial charge in [0.25, 0.3) is 0 Å². The Hall–Kier alpha value is -1.35. The molecule has 1 aromatic rings. The highest BCUT2D eigenvalue weighted by Crippen LogP contribution is 2.27. The summed E-state index contributed by atoms with van der Waals surface area (Å²) in [6.07, 6.45) is 3.76. The van der Waals surface area contributed by atoms with Crippen LogP contribution in [0.1, 0.15) is 57.2 Å². The largest absolute Gasteiger partial charge is 0.349 e. The fraction of sp³-hybridized carbons (Fsp3) is 0.611. The minimum Gasteiger partial charge on any atom is -0.349 e. The minimum absolute atomic E-state index is 0.0835. The third-order valence-electron chi connectivity index (χ3n) is 4.56. The Kier molecular flexibility index (Phi) is 5.40.